The molecule has 0 fully saturated rings. The van der Waals surface area contributed by atoms with Crippen LogP contribution in [-0.4, -0.2) is 36.0 Å². The molecule has 0 spiro atoms. The fourth-order valence-electron chi connectivity index (χ4n) is 1.70. The van der Waals surface area contributed by atoms with Gasteiger partial charge in [-0.25, -0.2) is 4.79 Å². The summed E-state index contributed by atoms with van der Waals surface area (Å²) in [5.74, 6) is -0.704. The lowest BCUT2D eigenvalue weighted by atomic mass is 10.2. The molecule has 1 N–H and O–H groups in total. The molecule has 1 aromatic carbocycles. The number of hydrogen-bond acceptors (Lipinski definition) is 6. The van der Waals surface area contributed by atoms with E-state index in [1.807, 2.05) is 13.8 Å². The van der Waals surface area contributed by atoms with E-state index in [1.54, 1.807) is 6.07 Å². The first-order chi connectivity index (χ1) is 11.1. The molecular formula is C17H24O5S. The van der Waals surface area contributed by atoms with Crippen LogP contribution in [0.5, 0.6) is 5.75 Å². The van der Waals surface area contributed by atoms with Crippen LogP contribution in [-0.2, 0) is 14.3 Å². The quantitative estimate of drug-likeness (QED) is 0.397. The molecule has 1 aromatic rings. The number of phenolic OH excluding ortho intramolecular Hbond substituents is 1. The van der Waals surface area contributed by atoms with Crippen LogP contribution < -0.4 is 0 Å². The summed E-state index contributed by atoms with van der Waals surface area (Å²) in [6.45, 7) is 4.79. The van der Waals surface area contributed by atoms with E-state index in [4.69, 9.17) is 9.47 Å². The highest BCUT2D eigenvalue weighted by molar-refractivity contribution is 8.00. The molecule has 128 valence electrons. The molecule has 0 atom stereocenters. The monoisotopic (exact) mass is 340 g/mol. The van der Waals surface area contributed by atoms with Crippen molar-refractivity contribution >= 4 is 23.7 Å². The molecule has 1 rings (SSSR count). The molecule has 0 bridgehead atoms. The van der Waals surface area contributed by atoms with E-state index in [-0.39, 0.29) is 23.0 Å². The number of ether oxygens (including phenoxy) is 2. The lowest BCUT2D eigenvalue weighted by Gasteiger charge is -2.10. The van der Waals surface area contributed by atoms with Crippen LogP contribution in [0.15, 0.2) is 23.1 Å². The Bertz CT molecular complexity index is 516. The Labute approximate surface area is 141 Å². The topological polar surface area (TPSA) is 72.8 Å². The summed E-state index contributed by atoms with van der Waals surface area (Å²) in [5.41, 5.74) is 0.271. The lowest BCUT2D eigenvalue weighted by Crippen LogP contribution is -2.10. The summed E-state index contributed by atoms with van der Waals surface area (Å²) in [5, 5.41) is 9.57. The molecule has 0 aliphatic rings. The van der Waals surface area contributed by atoms with Crippen molar-refractivity contribution in [2.24, 2.45) is 0 Å². The number of benzene rings is 1. The average molecular weight is 340 g/mol. The van der Waals surface area contributed by atoms with Gasteiger partial charge in [-0.3, -0.25) is 4.79 Å². The van der Waals surface area contributed by atoms with Gasteiger partial charge in [-0.1, -0.05) is 26.7 Å². The van der Waals surface area contributed by atoms with Crippen molar-refractivity contribution in [1.29, 1.82) is 0 Å². The van der Waals surface area contributed by atoms with Crippen molar-refractivity contribution in [1.82, 2.24) is 0 Å². The van der Waals surface area contributed by atoms with Gasteiger partial charge in [0.15, 0.2) is 0 Å². The molecule has 0 aliphatic heterocycles. The van der Waals surface area contributed by atoms with Crippen LogP contribution in [0.25, 0.3) is 0 Å². The van der Waals surface area contributed by atoms with Gasteiger partial charge in [0.1, 0.15) is 5.75 Å². The molecule has 0 aliphatic carbocycles. The van der Waals surface area contributed by atoms with Gasteiger partial charge in [0.25, 0.3) is 0 Å². The molecular weight excluding hydrogens is 316 g/mol. The Kier molecular flexibility index (Phi) is 9.21. The van der Waals surface area contributed by atoms with E-state index in [9.17, 15) is 14.7 Å². The van der Waals surface area contributed by atoms with Crippen molar-refractivity contribution in [2.75, 3.05) is 19.0 Å². The standard InChI is InChI=1S/C17H24O5S/c1-3-5-9-21-16(19)12-23-15-8-7-13(18)11-14(15)17(20)22-10-6-4-2/h7-8,11,18H,3-6,9-10,12H2,1-2H3. The van der Waals surface area contributed by atoms with Crippen molar-refractivity contribution in [2.45, 2.75) is 44.4 Å². The molecule has 6 heteroatoms. The summed E-state index contributed by atoms with van der Waals surface area (Å²) in [4.78, 5) is 24.3. The average Bonchev–Trinajstić information content (AvgIpc) is 2.54. The minimum absolute atomic E-state index is 0.0117. The summed E-state index contributed by atoms with van der Waals surface area (Å²) in [6.07, 6.45) is 3.52. The Balaban J connectivity index is 2.63. The van der Waals surface area contributed by atoms with E-state index in [1.165, 1.54) is 23.9 Å². The molecule has 0 heterocycles. The zero-order valence-corrected chi connectivity index (χ0v) is 14.5. The van der Waals surface area contributed by atoms with Gasteiger partial charge in [-0.15, -0.1) is 11.8 Å². The van der Waals surface area contributed by atoms with Crippen molar-refractivity contribution in [3.8, 4) is 5.75 Å². The fraction of sp³-hybridized carbons (Fsp3) is 0.529. The van der Waals surface area contributed by atoms with Gasteiger partial charge in [0, 0.05) is 4.90 Å². The fourth-order valence-corrected chi connectivity index (χ4v) is 2.52. The zero-order valence-electron chi connectivity index (χ0n) is 13.7. The predicted molar refractivity (Wildman–Crippen MR) is 89.9 cm³/mol. The number of phenols is 1. The minimum atomic E-state index is -0.490. The molecule has 5 nitrogen and oxygen atoms in total. The minimum Gasteiger partial charge on any atom is -0.508 e. The summed E-state index contributed by atoms with van der Waals surface area (Å²) >= 11 is 1.20. The number of carbonyl (C=O) groups excluding carboxylic acids is 2. The molecule has 0 saturated carbocycles. The van der Waals surface area contributed by atoms with Gasteiger partial charge < -0.3 is 14.6 Å². The van der Waals surface area contributed by atoms with Crippen LogP contribution in [0.1, 0.15) is 49.9 Å². The number of aromatic hydroxyl groups is 1. The maximum Gasteiger partial charge on any atom is 0.339 e. The van der Waals surface area contributed by atoms with Gasteiger partial charge in [0.2, 0.25) is 0 Å². The van der Waals surface area contributed by atoms with Gasteiger partial charge in [-0.05, 0) is 31.0 Å². The molecule has 0 amide bonds. The Morgan fingerprint density at radius 3 is 2.39 bits per heavy atom. The smallest absolute Gasteiger partial charge is 0.339 e. The van der Waals surface area contributed by atoms with Crippen molar-refractivity contribution < 1.29 is 24.2 Å². The second kappa shape index (κ2) is 10.9. The lowest BCUT2D eigenvalue weighted by molar-refractivity contribution is -0.140. The summed E-state index contributed by atoms with van der Waals surface area (Å²) in [7, 11) is 0. The summed E-state index contributed by atoms with van der Waals surface area (Å²) < 4.78 is 10.3. The van der Waals surface area contributed by atoms with Gasteiger partial charge in [-0.2, -0.15) is 0 Å². The molecule has 0 saturated heterocycles. The maximum absolute atomic E-state index is 12.1. The highest BCUT2D eigenvalue weighted by Crippen LogP contribution is 2.27. The number of thioether (sulfide) groups is 1. The second-order valence-electron chi connectivity index (χ2n) is 5.03. The van der Waals surface area contributed by atoms with Crippen LogP contribution in [0, 0.1) is 0 Å². The highest BCUT2D eigenvalue weighted by atomic mass is 32.2. The molecule has 0 aromatic heterocycles. The maximum atomic E-state index is 12.1. The number of carbonyl (C=O) groups is 2. The van der Waals surface area contributed by atoms with E-state index in [0.29, 0.717) is 18.1 Å². The first kappa shape index (κ1) is 19.4. The Morgan fingerprint density at radius 1 is 1.09 bits per heavy atom. The van der Waals surface area contributed by atoms with E-state index in [2.05, 4.69) is 0 Å². The van der Waals surface area contributed by atoms with E-state index >= 15 is 0 Å². The molecule has 23 heavy (non-hydrogen) atoms. The normalized spacial score (nSPS) is 10.3. The predicted octanol–water partition coefficient (Wildman–Crippen LogP) is 3.78. The van der Waals surface area contributed by atoms with E-state index in [0.717, 1.165) is 25.7 Å². The van der Waals surface area contributed by atoms with Crippen LogP contribution in [0.4, 0.5) is 0 Å². The van der Waals surface area contributed by atoms with Crippen molar-refractivity contribution in [3.63, 3.8) is 0 Å². The first-order valence-corrected chi connectivity index (χ1v) is 8.85. The molecule has 0 radical (unpaired) electrons. The largest absolute Gasteiger partial charge is 0.508 e. The number of rotatable bonds is 10. The zero-order chi connectivity index (χ0) is 17.1. The Morgan fingerprint density at radius 2 is 1.74 bits per heavy atom. The Hall–Kier alpha value is -1.69. The van der Waals surface area contributed by atoms with Crippen LogP contribution >= 0.6 is 11.8 Å². The van der Waals surface area contributed by atoms with Gasteiger partial charge in [0.05, 0.1) is 24.5 Å². The SMILES string of the molecule is CCCCOC(=O)CSc1ccc(O)cc1C(=O)OCCCC. The number of unbranched alkanes of at least 4 members (excludes halogenated alkanes) is 2. The third-order valence-electron chi connectivity index (χ3n) is 3.02. The number of esters is 2. The molecule has 0 unspecified atom stereocenters. The second-order valence-corrected chi connectivity index (χ2v) is 6.05. The van der Waals surface area contributed by atoms with Gasteiger partial charge >= 0.3 is 11.9 Å². The summed E-state index contributed by atoms with van der Waals surface area (Å²) in [6, 6.07) is 4.45. The van der Waals surface area contributed by atoms with Crippen LogP contribution in [0.2, 0.25) is 0 Å². The van der Waals surface area contributed by atoms with Crippen LogP contribution in [0.3, 0.4) is 0 Å². The number of hydrogen-bond donors (Lipinski definition) is 1. The third kappa shape index (κ3) is 7.41. The van der Waals surface area contributed by atoms with E-state index < -0.39 is 5.97 Å². The first-order valence-electron chi connectivity index (χ1n) is 7.87. The van der Waals surface area contributed by atoms with Crippen molar-refractivity contribution in [3.05, 3.63) is 23.8 Å². The third-order valence-corrected chi connectivity index (χ3v) is 4.07. The highest BCUT2D eigenvalue weighted by Gasteiger charge is 2.16.